The maximum atomic E-state index is 5.32. The van der Waals surface area contributed by atoms with Gasteiger partial charge < -0.3 is 15.0 Å². The molecule has 2 heterocycles. The van der Waals surface area contributed by atoms with E-state index in [0.29, 0.717) is 4.77 Å². The second kappa shape index (κ2) is 3.28. The molecule has 1 aliphatic rings. The number of aromatic nitrogens is 3. The van der Waals surface area contributed by atoms with E-state index in [0.717, 1.165) is 28.5 Å². The van der Waals surface area contributed by atoms with Gasteiger partial charge in [0.15, 0.2) is 4.77 Å². The Morgan fingerprint density at radius 3 is 2.60 bits per heavy atom. The molecule has 0 amide bonds. The molecule has 0 aliphatic heterocycles. The van der Waals surface area contributed by atoms with Crippen LogP contribution in [0, 0.1) is 9.41 Å². The molecule has 0 radical (unpaired) electrons. The molecule has 2 aromatic heterocycles. The van der Waals surface area contributed by atoms with Crippen LogP contribution in [-0.2, 0) is 12.8 Å². The highest BCUT2D eigenvalue weighted by molar-refractivity contribution is 7.72. The SMILES string of the molecule is S=c1[nH]c(=S)c2c3c([nH]c2[nH]1)CCCC3. The van der Waals surface area contributed by atoms with Crippen LogP contribution in [0.1, 0.15) is 24.1 Å². The van der Waals surface area contributed by atoms with Crippen molar-refractivity contribution < 1.29 is 0 Å². The van der Waals surface area contributed by atoms with Gasteiger partial charge in [0, 0.05) is 5.69 Å². The van der Waals surface area contributed by atoms with Crippen LogP contribution in [0.2, 0.25) is 0 Å². The molecule has 0 bridgehead atoms. The quantitative estimate of drug-likeness (QED) is 0.616. The zero-order valence-electron chi connectivity index (χ0n) is 8.14. The Morgan fingerprint density at radius 2 is 1.73 bits per heavy atom. The van der Waals surface area contributed by atoms with Crippen molar-refractivity contribution in [1.82, 2.24) is 15.0 Å². The summed E-state index contributed by atoms with van der Waals surface area (Å²) in [7, 11) is 0. The van der Waals surface area contributed by atoms with Gasteiger partial charge >= 0.3 is 0 Å². The van der Waals surface area contributed by atoms with Crippen LogP contribution in [0.5, 0.6) is 0 Å². The smallest absolute Gasteiger partial charge is 0.177 e. The minimum absolute atomic E-state index is 0.589. The maximum absolute atomic E-state index is 5.32. The zero-order valence-corrected chi connectivity index (χ0v) is 9.78. The third-order valence-electron chi connectivity index (χ3n) is 2.99. The highest BCUT2D eigenvalue weighted by atomic mass is 32.1. The molecule has 0 saturated carbocycles. The van der Waals surface area contributed by atoms with Crippen molar-refractivity contribution in [3.05, 3.63) is 20.7 Å². The fourth-order valence-electron chi connectivity index (χ4n) is 2.34. The van der Waals surface area contributed by atoms with Crippen molar-refractivity contribution in [2.45, 2.75) is 25.7 Å². The Morgan fingerprint density at radius 1 is 0.933 bits per heavy atom. The minimum atomic E-state index is 0.589. The lowest BCUT2D eigenvalue weighted by atomic mass is 9.96. The molecule has 3 N–H and O–H groups in total. The van der Waals surface area contributed by atoms with Gasteiger partial charge in [-0.15, -0.1) is 0 Å². The first-order valence-corrected chi connectivity index (χ1v) is 5.93. The van der Waals surface area contributed by atoms with Gasteiger partial charge in [0.25, 0.3) is 0 Å². The third kappa shape index (κ3) is 1.38. The number of aromatic amines is 3. The summed E-state index contributed by atoms with van der Waals surface area (Å²) < 4.78 is 1.35. The van der Waals surface area contributed by atoms with Gasteiger partial charge in [-0.3, -0.25) is 0 Å². The van der Waals surface area contributed by atoms with E-state index in [2.05, 4.69) is 15.0 Å². The normalized spacial score (nSPS) is 15.5. The lowest BCUT2D eigenvalue weighted by Crippen LogP contribution is -2.00. The van der Waals surface area contributed by atoms with E-state index >= 15 is 0 Å². The van der Waals surface area contributed by atoms with E-state index < -0.39 is 0 Å². The average Bonchev–Trinajstić information content (AvgIpc) is 2.54. The molecule has 78 valence electrons. The molecular weight excluding hydrogens is 226 g/mol. The fourth-order valence-corrected chi connectivity index (χ4v) is 2.93. The summed E-state index contributed by atoms with van der Waals surface area (Å²) in [5.41, 5.74) is 3.69. The Balaban J connectivity index is 2.47. The average molecular weight is 237 g/mol. The maximum Gasteiger partial charge on any atom is 0.177 e. The van der Waals surface area contributed by atoms with E-state index in [1.807, 2.05) is 0 Å². The number of fused-ring (bicyclic) bond motifs is 3. The van der Waals surface area contributed by atoms with Gasteiger partial charge in [-0.1, -0.05) is 12.2 Å². The lowest BCUT2D eigenvalue weighted by molar-refractivity contribution is 0.679. The molecule has 3 rings (SSSR count). The van der Waals surface area contributed by atoms with Crippen molar-refractivity contribution in [2.24, 2.45) is 0 Å². The Labute approximate surface area is 96.9 Å². The molecule has 5 heteroatoms. The third-order valence-corrected chi connectivity index (χ3v) is 3.50. The van der Waals surface area contributed by atoms with Gasteiger partial charge in [0.05, 0.1) is 5.39 Å². The van der Waals surface area contributed by atoms with Crippen molar-refractivity contribution in [1.29, 1.82) is 0 Å². The largest absolute Gasteiger partial charge is 0.344 e. The molecule has 0 aromatic carbocycles. The molecule has 2 aromatic rings. The molecule has 15 heavy (non-hydrogen) atoms. The zero-order chi connectivity index (χ0) is 10.4. The predicted octanol–water partition coefficient (Wildman–Crippen LogP) is 3.16. The molecule has 0 saturated heterocycles. The summed E-state index contributed by atoms with van der Waals surface area (Å²) in [6.45, 7) is 0. The van der Waals surface area contributed by atoms with Crippen molar-refractivity contribution >= 4 is 35.5 Å². The minimum Gasteiger partial charge on any atom is -0.344 e. The van der Waals surface area contributed by atoms with Crippen molar-refractivity contribution in [3.63, 3.8) is 0 Å². The Hall–Kier alpha value is -0.940. The first-order valence-electron chi connectivity index (χ1n) is 5.12. The summed E-state index contributed by atoms with van der Waals surface area (Å²) in [5, 5.41) is 1.13. The van der Waals surface area contributed by atoms with Crippen LogP contribution in [0.15, 0.2) is 0 Å². The molecule has 0 spiro atoms. The number of rotatable bonds is 0. The van der Waals surface area contributed by atoms with Gasteiger partial charge in [-0.2, -0.15) is 0 Å². The highest BCUT2D eigenvalue weighted by Gasteiger charge is 2.16. The molecule has 1 aliphatic carbocycles. The molecular formula is C10H11N3S2. The number of aryl methyl sites for hydroxylation is 2. The fraction of sp³-hybridized carbons (Fsp3) is 0.400. The first kappa shape index (κ1) is 9.30. The summed E-state index contributed by atoms with van der Waals surface area (Å²) in [5.74, 6) is 0. The van der Waals surface area contributed by atoms with Crippen LogP contribution >= 0.6 is 24.4 Å². The van der Waals surface area contributed by atoms with Crippen LogP contribution < -0.4 is 0 Å². The standard InChI is InChI=1S/C10H11N3S2/c14-9-7-5-3-1-2-4-6(5)11-8(7)12-10(15)13-9/h1-4H2,(H3,11,12,13,14,15). The van der Waals surface area contributed by atoms with Crippen molar-refractivity contribution in [2.75, 3.05) is 0 Å². The van der Waals surface area contributed by atoms with Gasteiger partial charge in [0.1, 0.15) is 10.3 Å². The van der Waals surface area contributed by atoms with E-state index in [1.54, 1.807) is 0 Å². The molecule has 0 fully saturated rings. The van der Waals surface area contributed by atoms with E-state index in [9.17, 15) is 0 Å². The lowest BCUT2D eigenvalue weighted by Gasteiger charge is -2.09. The molecule has 0 atom stereocenters. The predicted molar refractivity (Wildman–Crippen MR) is 65.3 cm³/mol. The second-order valence-electron chi connectivity index (χ2n) is 3.95. The second-order valence-corrected chi connectivity index (χ2v) is 4.76. The first-order chi connectivity index (χ1) is 7.25. The monoisotopic (exact) mass is 237 g/mol. The summed E-state index contributed by atoms with van der Waals surface area (Å²) >= 11 is 10.4. The van der Waals surface area contributed by atoms with Crippen molar-refractivity contribution in [3.8, 4) is 0 Å². The summed E-state index contributed by atoms with van der Waals surface area (Å²) in [6.07, 6.45) is 4.76. The number of H-pyrrole nitrogens is 3. The van der Waals surface area contributed by atoms with E-state index in [-0.39, 0.29) is 0 Å². The van der Waals surface area contributed by atoms with Crippen LogP contribution in [0.3, 0.4) is 0 Å². The van der Waals surface area contributed by atoms with Crippen LogP contribution in [0.25, 0.3) is 11.0 Å². The summed E-state index contributed by atoms with van der Waals surface area (Å²) in [6, 6.07) is 0. The van der Waals surface area contributed by atoms with Crippen LogP contribution in [0.4, 0.5) is 0 Å². The number of hydrogen-bond acceptors (Lipinski definition) is 2. The van der Waals surface area contributed by atoms with E-state index in [1.165, 1.54) is 24.1 Å². The van der Waals surface area contributed by atoms with Gasteiger partial charge in [-0.05, 0) is 43.5 Å². The molecule has 3 nitrogen and oxygen atoms in total. The summed E-state index contributed by atoms with van der Waals surface area (Å²) in [4.78, 5) is 9.52. The molecule has 0 unspecified atom stereocenters. The Bertz CT molecular complexity index is 632. The highest BCUT2D eigenvalue weighted by Crippen LogP contribution is 2.28. The number of nitrogens with one attached hydrogen (secondary N) is 3. The van der Waals surface area contributed by atoms with Gasteiger partial charge in [0.2, 0.25) is 0 Å². The van der Waals surface area contributed by atoms with Gasteiger partial charge in [-0.25, -0.2) is 0 Å². The van der Waals surface area contributed by atoms with E-state index in [4.69, 9.17) is 24.4 Å². The van der Waals surface area contributed by atoms with Crippen LogP contribution in [-0.4, -0.2) is 15.0 Å². The Kier molecular flexibility index (Phi) is 2.03. The topological polar surface area (TPSA) is 47.4 Å². The number of hydrogen-bond donors (Lipinski definition) is 3.